The van der Waals surface area contributed by atoms with E-state index in [9.17, 15) is 0 Å². The first kappa shape index (κ1) is 14.7. The van der Waals surface area contributed by atoms with Crippen LogP contribution >= 0.6 is 11.8 Å². The Hall–Kier alpha value is -1.41. The fourth-order valence-corrected chi connectivity index (χ4v) is 2.43. The van der Waals surface area contributed by atoms with E-state index >= 15 is 0 Å². The quantitative estimate of drug-likeness (QED) is 0.490. The van der Waals surface area contributed by atoms with Gasteiger partial charge in [-0.2, -0.15) is 0 Å². The number of rotatable bonds is 0. The number of para-hydroxylation sites is 2. The molecule has 3 rings (SSSR count). The number of hydrogen-bond acceptors (Lipinski definition) is 2. The molecule has 0 aromatic heterocycles. The molecule has 1 nitrogen and oxygen atoms in total. The highest BCUT2D eigenvalue weighted by atomic mass is 32.2. The predicted octanol–water partition coefficient (Wildman–Crippen LogP) is 6.00. The van der Waals surface area contributed by atoms with Crippen molar-refractivity contribution in [3.63, 3.8) is 0 Å². The van der Waals surface area contributed by atoms with E-state index in [1.54, 1.807) is 11.8 Å². The Labute approximate surface area is 114 Å². The van der Waals surface area contributed by atoms with Crippen molar-refractivity contribution in [3.05, 3.63) is 48.5 Å². The molecule has 0 radical (unpaired) electrons. The number of fused-ring (bicyclic) bond motifs is 2. The van der Waals surface area contributed by atoms with Gasteiger partial charge < -0.3 is 4.74 Å². The van der Waals surface area contributed by atoms with Crippen molar-refractivity contribution in [2.24, 2.45) is 0 Å². The van der Waals surface area contributed by atoms with E-state index in [-0.39, 0.29) is 0 Å². The summed E-state index contributed by atoms with van der Waals surface area (Å²) in [6.07, 6.45) is 0. The molecule has 2 aromatic carbocycles. The van der Waals surface area contributed by atoms with Crippen molar-refractivity contribution < 1.29 is 4.74 Å². The monoisotopic (exact) mass is 260 g/mol. The summed E-state index contributed by atoms with van der Waals surface area (Å²) in [7, 11) is 0. The van der Waals surface area contributed by atoms with Crippen molar-refractivity contribution in [1.29, 1.82) is 0 Å². The minimum Gasteiger partial charge on any atom is -0.455 e. The van der Waals surface area contributed by atoms with Gasteiger partial charge in [-0.3, -0.25) is 0 Å². The Balaban J connectivity index is 0.000000371. The van der Waals surface area contributed by atoms with Gasteiger partial charge in [-0.1, -0.05) is 63.7 Å². The highest BCUT2D eigenvalue weighted by Crippen LogP contribution is 2.46. The van der Waals surface area contributed by atoms with Crippen LogP contribution in [-0.2, 0) is 0 Å². The Bertz CT molecular complexity index is 393. The molecule has 2 aromatic rings. The van der Waals surface area contributed by atoms with Gasteiger partial charge in [0, 0.05) is 0 Å². The van der Waals surface area contributed by atoms with Crippen molar-refractivity contribution >= 4 is 11.8 Å². The minimum atomic E-state index is 0.955. The van der Waals surface area contributed by atoms with E-state index in [1.165, 1.54) is 9.79 Å². The first-order chi connectivity index (χ1) is 8.93. The molecule has 1 aliphatic rings. The molecule has 0 saturated heterocycles. The maximum Gasteiger partial charge on any atom is 0.141 e. The highest BCUT2D eigenvalue weighted by Gasteiger charge is 2.15. The van der Waals surface area contributed by atoms with Crippen LogP contribution in [0.5, 0.6) is 11.5 Å². The summed E-state index contributed by atoms with van der Waals surface area (Å²) in [6, 6.07) is 16.2. The highest BCUT2D eigenvalue weighted by molar-refractivity contribution is 7.99. The van der Waals surface area contributed by atoms with Crippen LogP contribution in [0, 0.1) is 0 Å². The maximum atomic E-state index is 5.76. The minimum absolute atomic E-state index is 0.955. The van der Waals surface area contributed by atoms with Crippen LogP contribution in [0.4, 0.5) is 0 Å². The summed E-state index contributed by atoms with van der Waals surface area (Å²) >= 11 is 1.76. The molecule has 0 amide bonds. The summed E-state index contributed by atoms with van der Waals surface area (Å²) in [4.78, 5) is 2.37. The zero-order chi connectivity index (χ0) is 13.4. The molecular formula is C16H20OS. The Kier molecular flexibility index (Phi) is 6.37. The average molecular weight is 260 g/mol. The Morgan fingerprint density at radius 2 is 1.06 bits per heavy atom. The molecule has 0 fully saturated rings. The standard InChI is InChI=1S/C12H8OS.2C2H6/c1-3-7-11-9(5-1)13-10-6-2-4-8-12(10)14-11;2*1-2/h1-8H;2*1-2H3. The third kappa shape index (κ3) is 3.30. The second-order valence-corrected chi connectivity index (χ2v) is 4.18. The fourth-order valence-electron chi connectivity index (χ4n) is 1.47. The molecule has 1 heterocycles. The molecule has 0 atom stereocenters. The molecule has 0 saturated carbocycles. The summed E-state index contributed by atoms with van der Waals surface area (Å²) < 4.78 is 5.76. The SMILES string of the molecule is CC.CC.c1ccc2c(c1)Oc1ccccc1S2. The number of benzene rings is 2. The molecular weight excluding hydrogens is 240 g/mol. The second kappa shape index (κ2) is 7.83. The lowest BCUT2D eigenvalue weighted by atomic mass is 10.3. The molecule has 1 aliphatic heterocycles. The molecule has 0 unspecified atom stereocenters. The van der Waals surface area contributed by atoms with Gasteiger partial charge in [0.15, 0.2) is 0 Å². The molecule has 0 aliphatic carbocycles. The number of hydrogen-bond donors (Lipinski definition) is 0. The predicted molar refractivity (Wildman–Crippen MR) is 79.8 cm³/mol. The van der Waals surface area contributed by atoms with Gasteiger partial charge in [0.2, 0.25) is 0 Å². The van der Waals surface area contributed by atoms with E-state index < -0.39 is 0 Å². The van der Waals surface area contributed by atoms with E-state index in [4.69, 9.17) is 4.74 Å². The maximum absolute atomic E-state index is 5.76. The van der Waals surface area contributed by atoms with Crippen LogP contribution in [0.15, 0.2) is 58.3 Å². The van der Waals surface area contributed by atoms with Gasteiger partial charge in [-0.25, -0.2) is 0 Å². The molecule has 0 bridgehead atoms. The van der Waals surface area contributed by atoms with Crippen molar-refractivity contribution in [2.45, 2.75) is 37.5 Å². The van der Waals surface area contributed by atoms with Crippen LogP contribution in [0.25, 0.3) is 0 Å². The van der Waals surface area contributed by atoms with Gasteiger partial charge in [0.05, 0.1) is 9.79 Å². The fraction of sp³-hybridized carbons (Fsp3) is 0.250. The Morgan fingerprint density at radius 3 is 1.50 bits per heavy atom. The van der Waals surface area contributed by atoms with Crippen LogP contribution in [0.3, 0.4) is 0 Å². The molecule has 0 N–H and O–H groups in total. The summed E-state index contributed by atoms with van der Waals surface area (Å²) in [5, 5.41) is 0. The third-order valence-electron chi connectivity index (χ3n) is 2.14. The second-order valence-electron chi connectivity index (χ2n) is 3.10. The van der Waals surface area contributed by atoms with E-state index in [0.717, 1.165) is 11.5 Å². The first-order valence-corrected chi connectivity index (χ1v) is 7.29. The van der Waals surface area contributed by atoms with Gasteiger partial charge in [-0.05, 0) is 24.3 Å². The summed E-state index contributed by atoms with van der Waals surface area (Å²) in [5.74, 6) is 1.91. The zero-order valence-electron chi connectivity index (χ0n) is 11.4. The third-order valence-corrected chi connectivity index (χ3v) is 3.25. The smallest absolute Gasteiger partial charge is 0.141 e. The van der Waals surface area contributed by atoms with Crippen molar-refractivity contribution in [1.82, 2.24) is 0 Å². The van der Waals surface area contributed by atoms with Crippen LogP contribution in [0.2, 0.25) is 0 Å². The molecule has 2 heteroatoms. The van der Waals surface area contributed by atoms with E-state index in [2.05, 4.69) is 12.1 Å². The van der Waals surface area contributed by atoms with E-state index in [0.29, 0.717) is 0 Å². The van der Waals surface area contributed by atoms with Crippen LogP contribution < -0.4 is 4.74 Å². The van der Waals surface area contributed by atoms with Crippen LogP contribution in [0.1, 0.15) is 27.7 Å². The topological polar surface area (TPSA) is 9.23 Å². The first-order valence-electron chi connectivity index (χ1n) is 6.47. The molecule has 18 heavy (non-hydrogen) atoms. The lowest BCUT2D eigenvalue weighted by molar-refractivity contribution is 0.454. The molecule has 0 spiro atoms. The zero-order valence-corrected chi connectivity index (χ0v) is 12.3. The van der Waals surface area contributed by atoms with Gasteiger partial charge >= 0.3 is 0 Å². The number of ether oxygens (including phenoxy) is 1. The normalized spacial score (nSPS) is 10.4. The van der Waals surface area contributed by atoms with Crippen molar-refractivity contribution in [2.75, 3.05) is 0 Å². The van der Waals surface area contributed by atoms with Gasteiger partial charge in [0.25, 0.3) is 0 Å². The largest absolute Gasteiger partial charge is 0.455 e. The Morgan fingerprint density at radius 1 is 0.667 bits per heavy atom. The van der Waals surface area contributed by atoms with Gasteiger partial charge in [0.1, 0.15) is 11.5 Å². The lowest BCUT2D eigenvalue weighted by Gasteiger charge is -2.18. The molecule has 96 valence electrons. The van der Waals surface area contributed by atoms with Crippen LogP contribution in [-0.4, -0.2) is 0 Å². The average Bonchev–Trinajstić information content (AvgIpc) is 2.49. The lowest BCUT2D eigenvalue weighted by Crippen LogP contribution is -1.93. The van der Waals surface area contributed by atoms with E-state index in [1.807, 2.05) is 64.1 Å². The summed E-state index contributed by atoms with van der Waals surface area (Å²) in [6.45, 7) is 8.00. The van der Waals surface area contributed by atoms with Crippen molar-refractivity contribution in [3.8, 4) is 11.5 Å². The summed E-state index contributed by atoms with van der Waals surface area (Å²) in [5.41, 5.74) is 0. The van der Waals surface area contributed by atoms with Gasteiger partial charge in [-0.15, -0.1) is 0 Å².